The Kier molecular flexibility index (Phi) is 5.26. The smallest absolute Gasteiger partial charge is 0.265 e. The van der Waals surface area contributed by atoms with E-state index in [1.54, 1.807) is 54.7 Å². The van der Waals surface area contributed by atoms with Gasteiger partial charge in [0.1, 0.15) is 11.3 Å². The number of hydrogen-bond acceptors (Lipinski definition) is 5. The predicted octanol–water partition coefficient (Wildman–Crippen LogP) is 6.27. The van der Waals surface area contributed by atoms with E-state index in [1.165, 1.54) is 0 Å². The molecule has 2 heterocycles. The van der Waals surface area contributed by atoms with Gasteiger partial charge in [-0.05, 0) is 54.8 Å². The van der Waals surface area contributed by atoms with Gasteiger partial charge in [0.2, 0.25) is 5.89 Å². The van der Waals surface area contributed by atoms with Gasteiger partial charge in [0.15, 0.2) is 11.7 Å². The molecule has 2 aromatic carbocycles. The molecule has 0 bridgehead atoms. The minimum Gasteiger partial charge on any atom is -0.479 e. The van der Waals surface area contributed by atoms with E-state index in [0.29, 0.717) is 38.5 Å². The van der Waals surface area contributed by atoms with Gasteiger partial charge in [-0.2, -0.15) is 0 Å². The molecule has 0 fully saturated rings. The van der Waals surface area contributed by atoms with Crippen molar-refractivity contribution in [1.29, 1.82) is 0 Å². The number of amides is 1. The number of aromatic nitrogens is 1. The van der Waals surface area contributed by atoms with Gasteiger partial charge in [0.05, 0.1) is 9.90 Å². The first-order valence-electron chi connectivity index (χ1n) is 8.36. The number of ether oxygens (including phenoxy) is 1. The topological polar surface area (TPSA) is 64.4 Å². The lowest BCUT2D eigenvalue weighted by molar-refractivity contribution is -0.122. The zero-order valence-electron chi connectivity index (χ0n) is 14.6. The first kappa shape index (κ1) is 18.8. The fraction of sp³-hybridized carbons (Fsp3) is 0.100. The molecule has 1 unspecified atom stereocenters. The van der Waals surface area contributed by atoms with E-state index in [0.717, 1.165) is 4.88 Å². The van der Waals surface area contributed by atoms with Crippen LogP contribution in [0.3, 0.4) is 0 Å². The summed E-state index contributed by atoms with van der Waals surface area (Å²) < 4.78 is 11.4. The quantitative estimate of drug-likeness (QED) is 0.403. The van der Waals surface area contributed by atoms with Crippen LogP contribution >= 0.6 is 34.5 Å². The first-order valence-corrected chi connectivity index (χ1v) is 10.0. The second-order valence-electron chi connectivity index (χ2n) is 6.00. The number of anilines is 1. The average molecular weight is 433 g/mol. The number of fused-ring (bicyclic) bond motifs is 1. The zero-order valence-corrected chi connectivity index (χ0v) is 16.9. The van der Waals surface area contributed by atoms with Crippen LogP contribution in [0, 0.1) is 0 Å². The molecule has 8 heteroatoms. The molecule has 0 saturated carbocycles. The monoisotopic (exact) mass is 432 g/mol. The molecule has 1 N–H and O–H groups in total. The fourth-order valence-corrected chi connectivity index (χ4v) is 3.67. The number of nitrogens with zero attached hydrogens (tertiary/aromatic N) is 1. The maximum absolute atomic E-state index is 12.5. The Balaban J connectivity index is 1.48. The fourth-order valence-electron chi connectivity index (χ4n) is 2.57. The zero-order chi connectivity index (χ0) is 19.7. The van der Waals surface area contributed by atoms with Crippen molar-refractivity contribution < 1.29 is 13.9 Å². The maximum Gasteiger partial charge on any atom is 0.265 e. The van der Waals surface area contributed by atoms with Crippen LogP contribution in [0.4, 0.5) is 5.69 Å². The number of hydrogen-bond donors (Lipinski definition) is 1. The average Bonchev–Trinajstić information content (AvgIpc) is 3.32. The van der Waals surface area contributed by atoms with Gasteiger partial charge in [-0.1, -0.05) is 29.3 Å². The summed E-state index contributed by atoms with van der Waals surface area (Å²) in [5, 5.41) is 5.62. The van der Waals surface area contributed by atoms with Crippen LogP contribution in [0.15, 0.2) is 58.3 Å². The van der Waals surface area contributed by atoms with Crippen molar-refractivity contribution in [3.05, 3.63) is 64.0 Å². The number of benzene rings is 2. The molecule has 2 aromatic heterocycles. The molecule has 0 spiro atoms. The summed E-state index contributed by atoms with van der Waals surface area (Å²) in [5.74, 6) is 0.635. The highest BCUT2D eigenvalue weighted by Crippen LogP contribution is 2.30. The highest BCUT2D eigenvalue weighted by molar-refractivity contribution is 7.13. The van der Waals surface area contributed by atoms with Gasteiger partial charge < -0.3 is 14.5 Å². The lowest BCUT2D eigenvalue weighted by atomic mass is 10.2. The number of halogens is 2. The van der Waals surface area contributed by atoms with Crippen molar-refractivity contribution in [1.82, 2.24) is 4.98 Å². The Labute approximate surface area is 174 Å². The largest absolute Gasteiger partial charge is 0.479 e. The second kappa shape index (κ2) is 7.83. The van der Waals surface area contributed by atoms with E-state index in [2.05, 4.69) is 10.3 Å². The molecule has 0 aliphatic heterocycles. The SMILES string of the molecule is CC(Oc1ccc(Cl)cc1Cl)C(=O)Nc1ccc2oc(-c3cccs3)nc2c1. The summed E-state index contributed by atoms with van der Waals surface area (Å²) in [5.41, 5.74) is 1.91. The summed E-state index contributed by atoms with van der Waals surface area (Å²) in [6.45, 7) is 1.64. The standard InChI is InChI=1S/C20H14Cl2N2O3S/c1-11(26-16-6-4-12(21)9-14(16)22)19(25)23-13-5-7-17-15(10-13)24-20(27-17)18-3-2-8-28-18/h2-11H,1H3,(H,23,25). The Morgan fingerprint density at radius 2 is 2.07 bits per heavy atom. The van der Waals surface area contributed by atoms with Crippen LogP contribution in [0.2, 0.25) is 10.0 Å². The third-order valence-electron chi connectivity index (χ3n) is 3.95. The van der Waals surface area contributed by atoms with E-state index in [-0.39, 0.29) is 5.91 Å². The van der Waals surface area contributed by atoms with E-state index in [1.807, 2.05) is 17.5 Å². The maximum atomic E-state index is 12.5. The molecule has 1 amide bonds. The van der Waals surface area contributed by atoms with Crippen molar-refractivity contribution in [3.8, 4) is 16.5 Å². The number of oxazole rings is 1. The molecule has 0 saturated heterocycles. The van der Waals surface area contributed by atoms with Crippen molar-refractivity contribution in [3.63, 3.8) is 0 Å². The third kappa shape index (κ3) is 3.99. The van der Waals surface area contributed by atoms with Crippen LogP contribution < -0.4 is 10.1 Å². The summed E-state index contributed by atoms with van der Waals surface area (Å²) in [6.07, 6.45) is -0.756. The summed E-state index contributed by atoms with van der Waals surface area (Å²) >= 11 is 13.5. The Morgan fingerprint density at radius 3 is 2.82 bits per heavy atom. The number of nitrogens with one attached hydrogen (secondary N) is 1. The molecule has 4 rings (SSSR count). The summed E-state index contributed by atoms with van der Waals surface area (Å²) in [4.78, 5) is 17.9. The molecule has 4 aromatic rings. The van der Waals surface area contributed by atoms with Gasteiger partial charge in [0, 0.05) is 10.7 Å². The van der Waals surface area contributed by atoms with Crippen LogP contribution in [0.5, 0.6) is 5.75 Å². The normalized spacial score (nSPS) is 12.1. The number of carbonyl (C=O) groups is 1. The second-order valence-corrected chi connectivity index (χ2v) is 7.79. The Bertz CT molecular complexity index is 1140. The lowest BCUT2D eigenvalue weighted by Gasteiger charge is -2.15. The molecule has 0 aliphatic rings. The molecule has 0 aliphatic carbocycles. The third-order valence-corrected chi connectivity index (χ3v) is 5.34. The van der Waals surface area contributed by atoms with Crippen LogP contribution in [0.25, 0.3) is 21.9 Å². The molecule has 28 heavy (non-hydrogen) atoms. The molecule has 5 nitrogen and oxygen atoms in total. The van der Waals surface area contributed by atoms with Crippen LogP contribution in [-0.4, -0.2) is 17.0 Å². The summed E-state index contributed by atoms with van der Waals surface area (Å²) in [6, 6.07) is 14.0. The van der Waals surface area contributed by atoms with E-state index < -0.39 is 6.10 Å². The highest BCUT2D eigenvalue weighted by atomic mass is 35.5. The lowest BCUT2D eigenvalue weighted by Crippen LogP contribution is -2.30. The van der Waals surface area contributed by atoms with Crippen molar-refractivity contribution in [2.75, 3.05) is 5.32 Å². The number of carbonyl (C=O) groups excluding carboxylic acids is 1. The van der Waals surface area contributed by atoms with Gasteiger partial charge in [-0.15, -0.1) is 11.3 Å². The van der Waals surface area contributed by atoms with E-state index >= 15 is 0 Å². The van der Waals surface area contributed by atoms with Gasteiger partial charge in [-0.3, -0.25) is 4.79 Å². The Morgan fingerprint density at radius 1 is 1.21 bits per heavy atom. The Hall–Kier alpha value is -2.54. The van der Waals surface area contributed by atoms with Crippen molar-refractivity contribution in [2.24, 2.45) is 0 Å². The molecular weight excluding hydrogens is 419 g/mol. The highest BCUT2D eigenvalue weighted by Gasteiger charge is 2.17. The first-order chi connectivity index (χ1) is 13.5. The minimum absolute atomic E-state index is 0.313. The molecule has 1 atom stereocenters. The minimum atomic E-state index is -0.756. The van der Waals surface area contributed by atoms with Crippen LogP contribution in [-0.2, 0) is 4.79 Å². The van der Waals surface area contributed by atoms with Gasteiger partial charge in [0.25, 0.3) is 5.91 Å². The van der Waals surface area contributed by atoms with E-state index in [9.17, 15) is 4.79 Å². The number of rotatable bonds is 5. The van der Waals surface area contributed by atoms with Gasteiger partial charge in [-0.25, -0.2) is 4.98 Å². The van der Waals surface area contributed by atoms with Crippen molar-refractivity contribution in [2.45, 2.75) is 13.0 Å². The van der Waals surface area contributed by atoms with Crippen LogP contribution in [0.1, 0.15) is 6.92 Å². The van der Waals surface area contributed by atoms with E-state index in [4.69, 9.17) is 32.4 Å². The molecule has 142 valence electrons. The predicted molar refractivity (Wildman–Crippen MR) is 113 cm³/mol. The van der Waals surface area contributed by atoms with Crippen molar-refractivity contribution >= 4 is 57.2 Å². The molecule has 0 radical (unpaired) electrons. The molecular formula is C20H14Cl2N2O3S. The summed E-state index contributed by atoms with van der Waals surface area (Å²) in [7, 11) is 0. The number of thiophene rings is 1. The van der Waals surface area contributed by atoms with Gasteiger partial charge >= 0.3 is 0 Å².